The van der Waals surface area contributed by atoms with Crippen molar-refractivity contribution in [2.45, 2.75) is 0 Å². The van der Waals surface area contributed by atoms with Gasteiger partial charge in [0.2, 0.25) is 0 Å². The lowest BCUT2D eigenvalue weighted by Crippen LogP contribution is -2.11. The molecule has 0 unspecified atom stereocenters. The van der Waals surface area contributed by atoms with Crippen LogP contribution in [0.5, 0.6) is 0 Å². The zero-order valence-corrected chi connectivity index (χ0v) is 12.1. The van der Waals surface area contributed by atoms with Gasteiger partial charge in [0.25, 0.3) is 0 Å². The molecule has 0 aromatic heterocycles. The molecule has 0 saturated carbocycles. The van der Waals surface area contributed by atoms with Crippen LogP contribution < -0.4 is 5.11 Å². The van der Waals surface area contributed by atoms with Crippen LogP contribution in [0, 0.1) is 0 Å². The second-order valence-corrected chi connectivity index (χ2v) is 5.26. The first-order valence-corrected chi connectivity index (χ1v) is 6.99. The van der Waals surface area contributed by atoms with E-state index in [0.717, 1.165) is 5.56 Å². The summed E-state index contributed by atoms with van der Waals surface area (Å²) in [4.78, 5) is 24.4. The molecule has 4 heteroatoms. The third-order valence-corrected chi connectivity index (χ3v) is 3.67. The van der Waals surface area contributed by atoms with E-state index in [9.17, 15) is 14.7 Å². The Morgan fingerprint density at radius 2 is 1.64 bits per heavy atom. The largest absolute Gasteiger partial charge is 0.871 e. The predicted octanol–water partition coefficient (Wildman–Crippen LogP) is 2.89. The number of ketones is 2. The molecule has 0 atom stereocenters. The fraction of sp³-hybridized carbons (Fsp3) is 0. The molecular formula is C18H10ClO3-. The SMILES string of the molecule is O=C(/C=C/c1ccc(Cl)cc1)C1=C([O-])c2ccccc2C1=O. The standard InChI is InChI=1S/C18H11ClO3/c19-12-8-5-11(6-9-12)7-10-15(20)16-17(21)13-3-1-2-4-14(13)18(16)22/h1-10,21H/p-1/b10-7+. The second kappa shape index (κ2) is 5.62. The summed E-state index contributed by atoms with van der Waals surface area (Å²) in [6.07, 6.45) is 2.79. The fourth-order valence-electron chi connectivity index (χ4n) is 2.30. The molecule has 0 fully saturated rings. The Labute approximate surface area is 132 Å². The van der Waals surface area contributed by atoms with Gasteiger partial charge in [0.1, 0.15) is 0 Å². The smallest absolute Gasteiger partial charge is 0.196 e. The summed E-state index contributed by atoms with van der Waals surface area (Å²) < 4.78 is 0. The Bertz CT molecular complexity index is 830. The highest BCUT2D eigenvalue weighted by Crippen LogP contribution is 2.29. The quantitative estimate of drug-likeness (QED) is 0.647. The summed E-state index contributed by atoms with van der Waals surface area (Å²) in [6.45, 7) is 0. The van der Waals surface area contributed by atoms with Crippen molar-refractivity contribution in [1.29, 1.82) is 0 Å². The number of carbonyl (C=O) groups excluding carboxylic acids is 2. The van der Waals surface area contributed by atoms with Crippen LogP contribution in [0.3, 0.4) is 0 Å². The predicted molar refractivity (Wildman–Crippen MR) is 83.2 cm³/mol. The Hall–Kier alpha value is -2.65. The Morgan fingerprint density at radius 3 is 2.27 bits per heavy atom. The molecule has 2 aromatic rings. The van der Waals surface area contributed by atoms with Crippen LogP contribution in [-0.2, 0) is 4.79 Å². The van der Waals surface area contributed by atoms with Crippen LogP contribution in [0.15, 0.2) is 60.2 Å². The number of Topliss-reactive ketones (excluding diaryl/α,β-unsaturated/α-hetero) is 1. The fourth-order valence-corrected chi connectivity index (χ4v) is 2.43. The highest BCUT2D eigenvalue weighted by Gasteiger charge is 2.27. The van der Waals surface area contributed by atoms with Gasteiger partial charge in [0, 0.05) is 10.6 Å². The van der Waals surface area contributed by atoms with Gasteiger partial charge >= 0.3 is 0 Å². The van der Waals surface area contributed by atoms with Crippen LogP contribution >= 0.6 is 11.6 Å². The van der Waals surface area contributed by atoms with Crippen molar-refractivity contribution in [3.05, 3.63) is 81.9 Å². The Kier molecular flexibility index (Phi) is 3.65. The van der Waals surface area contributed by atoms with E-state index in [0.29, 0.717) is 5.02 Å². The van der Waals surface area contributed by atoms with Crippen LogP contribution in [0.2, 0.25) is 5.02 Å². The number of halogens is 1. The molecule has 0 amide bonds. The number of benzene rings is 2. The summed E-state index contributed by atoms with van der Waals surface area (Å²) in [5.74, 6) is -1.60. The highest BCUT2D eigenvalue weighted by molar-refractivity contribution is 6.36. The Morgan fingerprint density at radius 1 is 1.00 bits per heavy atom. The van der Waals surface area contributed by atoms with E-state index in [4.69, 9.17) is 11.6 Å². The molecule has 2 aromatic carbocycles. The van der Waals surface area contributed by atoms with Gasteiger partial charge in [-0.25, -0.2) is 0 Å². The lowest BCUT2D eigenvalue weighted by molar-refractivity contribution is -0.244. The second-order valence-electron chi connectivity index (χ2n) is 4.83. The number of rotatable bonds is 3. The van der Waals surface area contributed by atoms with Crippen molar-refractivity contribution in [1.82, 2.24) is 0 Å². The van der Waals surface area contributed by atoms with E-state index < -0.39 is 17.3 Å². The summed E-state index contributed by atoms with van der Waals surface area (Å²) in [5, 5.41) is 12.8. The molecule has 3 nitrogen and oxygen atoms in total. The highest BCUT2D eigenvalue weighted by atomic mass is 35.5. The summed E-state index contributed by atoms with van der Waals surface area (Å²) in [6, 6.07) is 13.3. The summed E-state index contributed by atoms with van der Waals surface area (Å²) in [7, 11) is 0. The van der Waals surface area contributed by atoms with Gasteiger partial charge in [-0.1, -0.05) is 59.8 Å². The molecule has 1 aliphatic carbocycles. The molecule has 3 rings (SSSR count). The van der Waals surface area contributed by atoms with Gasteiger partial charge < -0.3 is 5.11 Å². The molecule has 0 bridgehead atoms. The number of carbonyl (C=O) groups is 2. The van der Waals surface area contributed by atoms with E-state index in [-0.39, 0.29) is 16.7 Å². The lowest BCUT2D eigenvalue weighted by Gasteiger charge is -2.09. The van der Waals surface area contributed by atoms with E-state index in [1.807, 2.05) is 0 Å². The van der Waals surface area contributed by atoms with Crippen molar-refractivity contribution in [3.63, 3.8) is 0 Å². The van der Waals surface area contributed by atoms with Crippen molar-refractivity contribution in [2.24, 2.45) is 0 Å². The molecule has 0 spiro atoms. The first-order valence-electron chi connectivity index (χ1n) is 6.61. The van der Waals surface area contributed by atoms with Crippen LogP contribution in [-0.4, -0.2) is 11.6 Å². The topological polar surface area (TPSA) is 57.2 Å². The van der Waals surface area contributed by atoms with Crippen LogP contribution in [0.4, 0.5) is 0 Å². The third kappa shape index (κ3) is 2.47. The molecule has 108 valence electrons. The first kappa shape index (κ1) is 14.3. The van der Waals surface area contributed by atoms with E-state index >= 15 is 0 Å². The van der Waals surface area contributed by atoms with Gasteiger partial charge in [0.15, 0.2) is 11.6 Å². The van der Waals surface area contributed by atoms with Crippen LogP contribution in [0.1, 0.15) is 21.5 Å². The molecule has 0 saturated heterocycles. The Balaban J connectivity index is 1.89. The number of allylic oxidation sites excluding steroid dienone is 2. The van der Waals surface area contributed by atoms with Gasteiger partial charge in [-0.3, -0.25) is 9.59 Å². The molecule has 0 N–H and O–H groups in total. The van der Waals surface area contributed by atoms with Gasteiger partial charge in [-0.15, -0.1) is 0 Å². The zero-order valence-electron chi connectivity index (χ0n) is 11.4. The molecule has 22 heavy (non-hydrogen) atoms. The maximum atomic E-state index is 12.2. The molecular weight excluding hydrogens is 300 g/mol. The van der Waals surface area contributed by atoms with E-state index in [1.54, 1.807) is 54.6 Å². The number of hydrogen-bond donors (Lipinski definition) is 0. The number of fused-ring (bicyclic) bond motifs is 1. The van der Waals surface area contributed by atoms with Gasteiger partial charge in [-0.2, -0.15) is 0 Å². The average molecular weight is 310 g/mol. The summed E-state index contributed by atoms with van der Waals surface area (Å²) in [5.41, 5.74) is 1.03. The minimum absolute atomic E-state index is 0.288. The van der Waals surface area contributed by atoms with E-state index in [1.165, 1.54) is 6.08 Å². The maximum Gasteiger partial charge on any atom is 0.196 e. The average Bonchev–Trinajstić information content (AvgIpc) is 2.79. The van der Waals surface area contributed by atoms with Gasteiger partial charge in [0.05, 0.1) is 5.57 Å². The van der Waals surface area contributed by atoms with Crippen molar-refractivity contribution >= 4 is 35.0 Å². The molecule has 0 radical (unpaired) electrons. The molecule has 0 heterocycles. The minimum atomic E-state index is -0.582. The van der Waals surface area contributed by atoms with Crippen LogP contribution in [0.25, 0.3) is 11.8 Å². The third-order valence-electron chi connectivity index (χ3n) is 3.41. The lowest BCUT2D eigenvalue weighted by atomic mass is 10.1. The number of hydrogen-bond acceptors (Lipinski definition) is 3. The first-order chi connectivity index (χ1) is 10.6. The minimum Gasteiger partial charge on any atom is -0.871 e. The van der Waals surface area contributed by atoms with Crippen molar-refractivity contribution < 1.29 is 14.7 Å². The summed E-state index contributed by atoms with van der Waals surface area (Å²) >= 11 is 5.78. The zero-order chi connectivity index (χ0) is 15.7. The van der Waals surface area contributed by atoms with Crippen molar-refractivity contribution in [2.75, 3.05) is 0 Å². The van der Waals surface area contributed by atoms with Gasteiger partial charge in [-0.05, 0) is 29.3 Å². The normalized spacial score (nSPS) is 13.8. The monoisotopic (exact) mass is 309 g/mol. The molecule has 0 aliphatic heterocycles. The maximum absolute atomic E-state index is 12.2. The van der Waals surface area contributed by atoms with Crippen molar-refractivity contribution in [3.8, 4) is 0 Å². The molecule has 1 aliphatic rings. The van der Waals surface area contributed by atoms with E-state index in [2.05, 4.69) is 0 Å².